The Balaban J connectivity index is 1.77. The average molecular weight is 307 g/mol. The molecule has 0 bridgehead atoms. The quantitative estimate of drug-likeness (QED) is 0.850. The molecule has 0 aliphatic carbocycles. The molecule has 1 amide bonds. The summed E-state index contributed by atoms with van der Waals surface area (Å²) in [4.78, 5) is 23.2. The number of rotatable bonds is 4. The lowest BCUT2D eigenvalue weighted by molar-refractivity contribution is 0.0437. The van der Waals surface area contributed by atoms with Crippen LogP contribution >= 0.6 is 11.8 Å². The van der Waals surface area contributed by atoms with Crippen molar-refractivity contribution in [3.05, 3.63) is 23.8 Å². The molecule has 6 heteroatoms. The number of carbonyl (C=O) groups is 1. The minimum Gasteiger partial charge on any atom is -0.376 e. The molecule has 114 valence electrons. The van der Waals surface area contributed by atoms with Gasteiger partial charge in [-0.05, 0) is 38.0 Å². The second-order valence-electron chi connectivity index (χ2n) is 5.60. The van der Waals surface area contributed by atoms with Gasteiger partial charge in [0.1, 0.15) is 11.5 Å². The molecular weight excluding hydrogens is 286 g/mol. The number of hydrogen-bond donors (Lipinski definition) is 0. The van der Waals surface area contributed by atoms with Crippen LogP contribution in [0.3, 0.4) is 0 Å². The highest BCUT2D eigenvalue weighted by Gasteiger charge is 2.31. The number of ether oxygens (including phenoxy) is 1. The van der Waals surface area contributed by atoms with E-state index >= 15 is 0 Å². The number of amides is 1. The smallest absolute Gasteiger partial charge is 0.272 e. The van der Waals surface area contributed by atoms with E-state index in [9.17, 15) is 4.79 Å². The van der Waals surface area contributed by atoms with Gasteiger partial charge in [0.2, 0.25) is 0 Å². The van der Waals surface area contributed by atoms with Crippen LogP contribution in [-0.2, 0) is 4.74 Å². The van der Waals surface area contributed by atoms with Crippen molar-refractivity contribution >= 4 is 17.7 Å². The number of hydrogen-bond acceptors (Lipinski definition) is 5. The number of aromatic nitrogens is 2. The summed E-state index contributed by atoms with van der Waals surface area (Å²) in [7, 11) is 0. The number of thioether (sulfide) groups is 1. The molecule has 0 aromatic carbocycles. The molecular formula is C15H21N3O2S. The minimum atomic E-state index is 0.0171. The molecule has 1 aromatic rings. The Morgan fingerprint density at radius 2 is 2.43 bits per heavy atom. The Morgan fingerprint density at radius 1 is 1.52 bits per heavy atom. The number of nitrogens with zero attached hydrogens (tertiary/aromatic N) is 3. The van der Waals surface area contributed by atoms with Crippen LogP contribution < -0.4 is 0 Å². The van der Waals surface area contributed by atoms with Gasteiger partial charge in [-0.15, -0.1) is 0 Å². The van der Waals surface area contributed by atoms with Crippen LogP contribution in [0.25, 0.3) is 0 Å². The molecule has 0 spiro atoms. The van der Waals surface area contributed by atoms with Gasteiger partial charge >= 0.3 is 0 Å². The average Bonchev–Trinajstić information content (AvgIpc) is 3.17. The highest BCUT2D eigenvalue weighted by molar-refractivity contribution is 7.99. The van der Waals surface area contributed by atoms with Crippen LogP contribution in [0.5, 0.6) is 0 Å². The third-order valence-corrected chi connectivity index (χ3v) is 5.17. The van der Waals surface area contributed by atoms with Crippen LogP contribution in [0.2, 0.25) is 0 Å². The highest BCUT2D eigenvalue weighted by Crippen LogP contribution is 2.25. The van der Waals surface area contributed by atoms with Crippen molar-refractivity contribution in [1.29, 1.82) is 0 Å². The first-order chi connectivity index (χ1) is 10.2. The molecule has 3 rings (SSSR count). The van der Waals surface area contributed by atoms with Crippen LogP contribution in [0.15, 0.2) is 12.3 Å². The first-order valence-electron chi connectivity index (χ1n) is 7.54. The maximum atomic E-state index is 12.8. The molecule has 0 radical (unpaired) electrons. The van der Waals surface area contributed by atoms with E-state index in [-0.39, 0.29) is 12.0 Å². The van der Waals surface area contributed by atoms with Crippen molar-refractivity contribution in [2.75, 3.05) is 24.7 Å². The Morgan fingerprint density at radius 3 is 3.10 bits per heavy atom. The summed E-state index contributed by atoms with van der Waals surface area (Å²) >= 11 is 1.92. The fourth-order valence-corrected chi connectivity index (χ4v) is 4.12. The second kappa shape index (κ2) is 6.75. The molecule has 21 heavy (non-hydrogen) atoms. The van der Waals surface area contributed by atoms with Crippen LogP contribution in [0.1, 0.15) is 35.6 Å². The zero-order chi connectivity index (χ0) is 14.7. The first kappa shape index (κ1) is 14.8. The monoisotopic (exact) mass is 307 g/mol. The molecule has 5 nitrogen and oxygen atoms in total. The van der Waals surface area contributed by atoms with Gasteiger partial charge in [-0.3, -0.25) is 4.79 Å². The zero-order valence-corrected chi connectivity index (χ0v) is 13.1. The van der Waals surface area contributed by atoms with Crippen molar-refractivity contribution in [2.45, 2.75) is 38.3 Å². The Bertz CT molecular complexity index is 499. The van der Waals surface area contributed by atoms with Gasteiger partial charge in [-0.2, -0.15) is 11.8 Å². The normalized spacial score (nSPS) is 25.2. The summed E-state index contributed by atoms with van der Waals surface area (Å²) in [5, 5.41) is 0. The predicted octanol–water partition coefficient (Wildman–Crippen LogP) is 1.91. The van der Waals surface area contributed by atoms with Gasteiger partial charge in [0.05, 0.1) is 6.10 Å². The molecule has 0 unspecified atom stereocenters. The SMILES string of the molecule is Cc1nccc(C(=O)N(C[C@@H]2CCCO2)[C@@H]2CCSC2)n1. The lowest BCUT2D eigenvalue weighted by atomic mass is 10.1. The topological polar surface area (TPSA) is 55.3 Å². The zero-order valence-electron chi connectivity index (χ0n) is 12.3. The van der Waals surface area contributed by atoms with E-state index in [4.69, 9.17) is 4.74 Å². The molecule has 2 atom stereocenters. The number of aryl methyl sites for hydroxylation is 1. The van der Waals surface area contributed by atoms with E-state index in [1.165, 1.54) is 0 Å². The van der Waals surface area contributed by atoms with Gasteiger partial charge in [-0.25, -0.2) is 9.97 Å². The maximum Gasteiger partial charge on any atom is 0.272 e. The Labute approximate surface area is 129 Å². The molecule has 1 aromatic heterocycles. The van der Waals surface area contributed by atoms with E-state index in [1.54, 1.807) is 12.3 Å². The Kier molecular flexibility index (Phi) is 4.75. The third-order valence-electron chi connectivity index (χ3n) is 4.03. The maximum absolute atomic E-state index is 12.8. The minimum absolute atomic E-state index is 0.0171. The van der Waals surface area contributed by atoms with Crippen molar-refractivity contribution < 1.29 is 9.53 Å². The van der Waals surface area contributed by atoms with Gasteiger partial charge in [-0.1, -0.05) is 0 Å². The Hall–Kier alpha value is -1.14. The van der Waals surface area contributed by atoms with E-state index in [0.29, 0.717) is 24.1 Å². The van der Waals surface area contributed by atoms with E-state index in [1.807, 2.05) is 23.6 Å². The van der Waals surface area contributed by atoms with E-state index < -0.39 is 0 Å². The summed E-state index contributed by atoms with van der Waals surface area (Å²) < 4.78 is 5.72. The van der Waals surface area contributed by atoms with Gasteiger partial charge in [0.15, 0.2) is 0 Å². The predicted molar refractivity (Wildman–Crippen MR) is 82.5 cm³/mol. The molecule has 0 saturated carbocycles. The fraction of sp³-hybridized carbons (Fsp3) is 0.667. The summed E-state index contributed by atoms with van der Waals surface area (Å²) in [6.45, 7) is 3.32. The third kappa shape index (κ3) is 3.55. The van der Waals surface area contributed by atoms with Crippen molar-refractivity contribution in [1.82, 2.24) is 14.9 Å². The molecule has 2 aliphatic rings. The van der Waals surface area contributed by atoms with Crippen LogP contribution in [0.4, 0.5) is 0 Å². The van der Waals surface area contributed by atoms with Crippen LogP contribution in [-0.4, -0.2) is 57.6 Å². The highest BCUT2D eigenvalue weighted by atomic mass is 32.2. The van der Waals surface area contributed by atoms with E-state index in [0.717, 1.165) is 37.4 Å². The van der Waals surface area contributed by atoms with Gasteiger partial charge in [0.25, 0.3) is 5.91 Å². The van der Waals surface area contributed by atoms with Crippen molar-refractivity contribution in [2.24, 2.45) is 0 Å². The summed E-state index contributed by atoms with van der Waals surface area (Å²) in [6.07, 6.45) is 5.05. The molecule has 3 heterocycles. The first-order valence-corrected chi connectivity index (χ1v) is 8.69. The molecule has 2 fully saturated rings. The summed E-state index contributed by atoms with van der Waals surface area (Å²) in [5.74, 6) is 2.80. The largest absolute Gasteiger partial charge is 0.376 e. The standard InChI is InChI=1S/C15H21N3O2S/c1-11-16-6-4-14(17-11)15(19)18(12-5-8-21-10-12)9-13-3-2-7-20-13/h4,6,12-13H,2-3,5,7-10H2,1H3/t12-,13+/m1/s1. The lowest BCUT2D eigenvalue weighted by Gasteiger charge is -2.30. The summed E-state index contributed by atoms with van der Waals surface area (Å²) in [6, 6.07) is 2.02. The fourth-order valence-electron chi connectivity index (χ4n) is 2.90. The van der Waals surface area contributed by atoms with E-state index in [2.05, 4.69) is 9.97 Å². The van der Waals surface area contributed by atoms with Crippen molar-refractivity contribution in [3.8, 4) is 0 Å². The molecule has 2 aliphatic heterocycles. The number of carbonyl (C=O) groups excluding carboxylic acids is 1. The lowest BCUT2D eigenvalue weighted by Crippen LogP contribution is -2.45. The summed E-state index contributed by atoms with van der Waals surface area (Å²) in [5.41, 5.74) is 0.498. The molecule has 0 N–H and O–H groups in total. The van der Waals surface area contributed by atoms with Crippen molar-refractivity contribution in [3.63, 3.8) is 0 Å². The second-order valence-corrected chi connectivity index (χ2v) is 6.75. The molecule has 2 saturated heterocycles. The van der Waals surface area contributed by atoms with Crippen LogP contribution in [0, 0.1) is 6.92 Å². The van der Waals surface area contributed by atoms with Gasteiger partial charge in [0, 0.05) is 31.1 Å². The van der Waals surface area contributed by atoms with Gasteiger partial charge < -0.3 is 9.64 Å².